The van der Waals surface area contributed by atoms with E-state index in [1.54, 1.807) is 0 Å². The Morgan fingerprint density at radius 2 is 2.00 bits per heavy atom. The molecule has 1 aromatic rings. The van der Waals surface area contributed by atoms with Crippen LogP contribution in [-0.4, -0.2) is 12.1 Å². The number of nitrogens with one attached hydrogen (secondary N) is 1. The van der Waals surface area contributed by atoms with Crippen molar-refractivity contribution >= 4 is 0 Å². The first-order valence-electron chi connectivity index (χ1n) is 7.02. The summed E-state index contributed by atoms with van der Waals surface area (Å²) in [5.41, 5.74) is 1.79. The zero-order valence-corrected chi connectivity index (χ0v) is 12.6. The van der Waals surface area contributed by atoms with Crippen LogP contribution in [0.1, 0.15) is 51.7 Å². The predicted molar refractivity (Wildman–Crippen MR) is 77.6 cm³/mol. The molecule has 0 saturated heterocycles. The van der Waals surface area contributed by atoms with E-state index in [4.69, 9.17) is 4.74 Å². The maximum Gasteiger partial charge on any atom is 0.128 e. The molecule has 1 rings (SSSR count). The van der Waals surface area contributed by atoms with Gasteiger partial charge >= 0.3 is 0 Å². The summed E-state index contributed by atoms with van der Waals surface area (Å²) < 4.78 is 19.1. The summed E-state index contributed by atoms with van der Waals surface area (Å²) in [4.78, 5) is 0. The van der Waals surface area contributed by atoms with Crippen LogP contribution in [-0.2, 0) is 17.9 Å². The topological polar surface area (TPSA) is 21.3 Å². The Balaban J connectivity index is 2.56. The Kier molecular flexibility index (Phi) is 6.46. The van der Waals surface area contributed by atoms with Crippen molar-refractivity contribution in [1.82, 2.24) is 5.32 Å². The third kappa shape index (κ3) is 6.69. The van der Waals surface area contributed by atoms with E-state index in [1.807, 2.05) is 12.1 Å². The van der Waals surface area contributed by atoms with Gasteiger partial charge in [-0.25, -0.2) is 4.39 Å². The average Bonchev–Trinajstić information content (AvgIpc) is 2.34. The van der Waals surface area contributed by atoms with E-state index in [1.165, 1.54) is 6.07 Å². The van der Waals surface area contributed by atoms with E-state index in [0.29, 0.717) is 18.8 Å². The molecular formula is C16H26FNO. The molecule has 108 valence electrons. The van der Waals surface area contributed by atoms with Gasteiger partial charge in [-0.15, -0.1) is 0 Å². The minimum Gasteiger partial charge on any atom is -0.377 e. The zero-order valence-electron chi connectivity index (χ0n) is 12.6. The number of rotatable bonds is 7. The lowest BCUT2D eigenvalue weighted by Crippen LogP contribution is -2.35. The second-order valence-corrected chi connectivity index (χ2v) is 5.94. The predicted octanol–water partition coefficient (Wildman–Crippen LogP) is 4.03. The summed E-state index contributed by atoms with van der Waals surface area (Å²) in [5, 5.41) is 3.40. The van der Waals surface area contributed by atoms with Crippen LogP contribution in [0.2, 0.25) is 0 Å². The maximum absolute atomic E-state index is 13.7. The van der Waals surface area contributed by atoms with Crippen molar-refractivity contribution in [3.63, 3.8) is 0 Å². The van der Waals surface area contributed by atoms with Gasteiger partial charge in [0, 0.05) is 24.3 Å². The SMILES string of the molecule is CCCCOCc1cc(CNC(C)(C)C)ccc1F. The molecule has 1 N–H and O–H groups in total. The number of ether oxygens (including phenoxy) is 1. The van der Waals surface area contributed by atoms with Gasteiger partial charge in [-0.1, -0.05) is 19.4 Å². The maximum atomic E-state index is 13.7. The van der Waals surface area contributed by atoms with Crippen LogP contribution in [0.25, 0.3) is 0 Å². The summed E-state index contributed by atoms with van der Waals surface area (Å²) in [6, 6.07) is 5.24. The lowest BCUT2D eigenvalue weighted by molar-refractivity contribution is 0.115. The highest BCUT2D eigenvalue weighted by Crippen LogP contribution is 2.13. The molecule has 0 radical (unpaired) electrons. The van der Waals surface area contributed by atoms with Gasteiger partial charge in [0.15, 0.2) is 0 Å². The molecule has 0 aliphatic carbocycles. The van der Waals surface area contributed by atoms with Crippen LogP contribution in [0, 0.1) is 5.82 Å². The Hall–Kier alpha value is -0.930. The third-order valence-corrected chi connectivity index (χ3v) is 2.83. The second-order valence-electron chi connectivity index (χ2n) is 5.94. The minimum atomic E-state index is -0.184. The number of hydrogen-bond acceptors (Lipinski definition) is 2. The highest BCUT2D eigenvalue weighted by atomic mass is 19.1. The van der Waals surface area contributed by atoms with E-state index in [2.05, 4.69) is 33.0 Å². The van der Waals surface area contributed by atoms with E-state index < -0.39 is 0 Å². The van der Waals surface area contributed by atoms with E-state index in [0.717, 1.165) is 24.9 Å². The molecule has 2 nitrogen and oxygen atoms in total. The first-order chi connectivity index (χ1) is 8.92. The fourth-order valence-electron chi connectivity index (χ4n) is 1.64. The summed E-state index contributed by atoms with van der Waals surface area (Å²) >= 11 is 0. The van der Waals surface area contributed by atoms with Crippen molar-refractivity contribution in [3.05, 3.63) is 35.1 Å². The number of hydrogen-bond donors (Lipinski definition) is 1. The van der Waals surface area contributed by atoms with Crippen LogP contribution >= 0.6 is 0 Å². The Morgan fingerprint density at radius 1 is 1.26 bits per heavy atom. The normalized spacial score (nSPS) is 11.8. The molecule has 0 fully saturated rings. The van der Waals surface area contributed by atoms with Crippen molar-refractivity contribution in [2.24, 2.45) is 0 Å². The van der Waals surface area contributed by atoms with Crippen molar-refractivity contribution in [3.8, 4) is 0 Å². The molecule has 0 spiro atoms. The van der Waals surface area contributed by atoms with Crippen molar-refractivity contribution in [2.75, 3.05) is 6.61 Å². The second kappa shape index (κ2) is 7.61. The van der Waals surface area contributed by atoms with Crippen LogP contribution in [0.15, 0.2) is 18.2 Å². The molecule has 0 bridgehead atoms. The summed E-state index contributed by atoms with van der Waals surface area (Å²) in [5.74, 6) is -0.184. The molecule has 3 heteroatoms. The minimum absolute atomic E-state index is 0.0617. The van der Waals surface area contributed by atoms with Gasteiger partial charge in [0.2, 0.25) is 0 Å². The fourth-order valence-corrected chi connectivity index (χ4v) is 1.64. The molecule has 19 heavy (non-hydrogen) atoms. The molecule has 0 aromatic heterocycles. The van der Waals surface area contributed by atoms with Gasteiger partial charge in [0.1, 0.15) is 5.82 Å². The largest absolute Gasteiger partial charge is 0.377 e. The summed E-state index contributed by atoms with van der Waals surface area (Å²) in [7, 11) is 0. The van der Waals surface area contributed by atoms with E-state index in [9.17, 15) is 4.39 Å². The Labute approximate surface area is 116 Å². The van der Waals surface area contributed by atoms with Gasteiger partial charge in [0.05, 0.1) is 6.61 Å². The molecule has 0 atom stereocenters. The molecular weight excluding hydrogens is 241 g/mol. The van der Waals surface area contributed by atoms with E-state index >= 15 is 0 Å². The van der Waals surface area contributed by atoms with Crippen molar-refractivity contribution < 1.29 is 9.13 Å². The molecule has 0 unspecified atom stereocenters. The van der Waals surface area contributed by atoms with Crippen LogP contribution in [0.3, 0.4) is 0 Å². The zero-order chi connectivity index (χ0) is 14.3. The first kappa shape index (κ1) is 16.1. The highest BCUT2D eigenvalue weighted by Gasteiger charge is 2.09. The molecule has 0 aliphatic rings. The van der Waals surface area contributed by atoms with Crippen molar-refractivity contribution in [2.45, 2.75) is 59.2 Å². The number of halogens is 1. The fraction of sp³-hybridized carbons (Fsp3) is 0.625. The Morgan fingerprint density at radius 3 is 2.63 bits per heavy atom. The average molecular weight is 267 g/mol. The molecule has 1 aromatic carbocycles. The first-order valence-corrected chi connectivity index (χ1v) is 7.02. The van der Waals surface area contributed by atoms with Gasteiger partial charge in [-0.3, -0.25) is 0 Å². The van der Waals surface area contributed by atoms with Crippen molar-refractivity contribution in [1.29, 1.82) is 0 Å². The van der Waals surface area contributed by atoms with E-state index in [-0.39, 0.29) is 11.4 Å². The monoisotopic (exact) mass is 267 g/mol. The molecule has 0 aliphatic heterocycles. The quantitative estimate of drug-likeness (QED) is 0.753. The summed E-state index contributed by atoms with van der Waals surface area (Å²) in [6.45, 7) is 10.3. The summed E-state index contributed by atoms with van der Waals surface area (Å²) in [6.07, 6.45) is 2.12. The van der Waals surface area contributed by atoms with Gasteiger partial charge in [-0.05, 0) is 44.9 Å². The van der Waals surface area contributed by atoms with Crippen LogP contribution in [0.4, 0.5) is 4.39 Å². The number of unbranched alkanes of at least 4 members (excludes halogenated alkanes) is 1. The highest BCUT2D eigenvalue weighted by molar-refractivity contribution is 5.24. The molecule has 0 saturated carbocycles. The van der Waals surface area contributed by atoms with Crippen LogP contribution < -0.4 is 5.32 Å². The van der Waals surface area contributed by atoms with Gasteiger partial charge in [-0.2, -0.15) is 0 Å². The molecule has 0 amide bonds. The standard InChI is InChI=1S/C16H26FNO/c1-5-6-9-19-12-14-10-13(7-8-15(14)17)11-18-16(2,3)4/h7-8,10,18H,5-6,9,11-12H2,1-4H3. The third-order valence-electron chi connectivity index (χ3n) is 2.83. The smallest absolute Gasteiger partial charge is 0.128 e. The lowest BCUT2D eigenvalue weighted by Gasteiger charge is -2.20. The van der Waals surface area contributed by atoms with Gasteiger partial charge < -0.3 is 10.1 Å². The van der Waals surface area contributed by atoms with Crippen LogP contribution in [0.5, 0.6) is 0 Å². The van der Waals surface area contributed by atoms with Gasteiger partial charge in [0.25, 0.3) is 0 Å². The lowest BCUT2D eigenvalue weighted by atomic mass is 10.1. The Bertz CT molecular complexity index is 385. The number of benzene rings is 1. The molecule has 0 heterocycles.